The van der Waals surface area contributed by atoms with E-state index in [9.17, 15) is 4.79 Å². The Morgan fingerprint density at radius 1 is 1.44 bits per heavy atom. The number of methoxy groups -OCH3 is 1. The van der Waals surface area contributed by atoms with Crippen LogP contribution in [-0.4, -0.2) is 22.8 Å². The highest BCUT2D eigenvalue weighted by Crippen LogP contribution is 2.26. The molecule has 0 aliphatic rings. The molecule has 1 heterocycles. The molecule has 1 N–H and O–H groups in total. The molecule has 4 heteroatoms. The Labute approximate surface area is 93.1 Å². The molecular formula is C12H13NO3. The third kappa shape index (κ3) is 1.86. The summed E-state index contributed by atoms with van der Waals surface area (Å²) in [6.45, 7) is 0.478. The van der Waals surface area contributed by atoms with E-state index >= 15 is 0 Å². The summed E-state index contributed by atoms with van der Waals surface area (Å²) in [5.74, 6) is 0.0244. The topological polar surface area (TPSA) is 51.5 Å². The first-order chi connectivity index (χ1) is 7.72. The monoisotopic (exact) mass is 219 g/mol. The van der Waals surface area contributed by atoms with Crippen LogP contribution in [0.15, 0.2) is 30.5 Å². The maximum absolute atomic E-state index is 10.5. The Balaban J connectivity index is 2.37. The summed E-state index contributed by atoms with van der Waals surface area (Å²) in [5, 5.41) is 9.66. The fourth-order valence-corrected chi connectivity index (χ4v) is 1.78. The van der Waals surface area contributed by atoms with Crippen molar-refractivity contribution < 1.29 is 14.6 Å². The first-order valence-electron chi connectivity index (χ1n) is 5.06. The molecule has 0 spiro atoms. The summed E-state index contributed by atoms with van der Waals surface area (Å²) < 4.78 is 7.16. The van der Waals surface area contributed by atoms with Crippen molar-refractivity contribution in [2.75, 3.05) is 7.11 Å². The fraction of sp³-hybridized carbons (Fsp3) is 0.250. The standard InChI is InChI=1S/C12H13NO3/c1-16-11-4-2-3-10-9(11)5-7-13(10)8-6-12(14)15/h2-5,7H,6,8H2,1H3,(H,14,15). The molecule has 2 rings (SSSR count). The maximum atomic E-state index is 10.5. The van der Waals surface area contributed by atoms with Crippen molar-refractivity contribution in [3.8, 4) is 5.75 Å². The van der Waals surface area contributed by atoms with E-state index in [-0.39, 0.29) is 6.42 Å². The molecule has 84 valence electrons. The van der Waals surface area contributed by atoms with Gasteiger partial charge in [0.1, 0.15) is 5.75 Å². The van der Waals surface area contributed by atoms with E-state index in [0.29, 0.717) is 6.54 Å². The second kappa shape index (κ2) is 4.26. The predicted octanol–water partition coefficient (Wildman–Crippen LogP) is 2.12. The van der Waals surface area contributed by atoms with Gasteiger partial charge in [0.25, 0.3) is 0 Å². The Hall–Kier alpha value is -1.97. The van der Waals surface area contributed by atoms with Gasteiger partial charge in [-0.15, -0.1) is 0 Å². The number of fused-ring (bicyclic) bond motifs is 1. The van der Waals surface area contributed by atoms with Crippen LogP contribution in [0.3, 0.4) is 0 Å². The predicted molar refractivity (Wildman–Crippen MR) is 60.7 cm³/mol. The van der Waals surface area contributed by atoms with Crippen LogP contribution < -0.4 is 4.74 Å². The second-order valence-electron chi connectivity index (χ2n) is 3.55. The molecule has 0 amide bonds. The molecule has 0 saturated carbocycles. The van der Waals surface area contributed by atoms with Crippen LogP contribution in [0.4, 0.5) is 0 Å². The van der Waals surface area contributed by atoms with Crippen molar-refractivity contribution in [2.24, 2.45) is 0 Å². The van der Waals surface area contributed by atoms with Gasteiger partial charge in [0.15, 0.2) is 0 Å². The van der Waals surface area contributed by atoms with Crippen LogP contribution >= 0.6 is 0 Å². The van der Waals surface area contributed by atoms with Gasteiger partial charge < -0.3 is 14.4 Å². The van der Waals surface area contributed by atoms with Gasteiger partial charge in [-0.25, -0.2) is 0 Å². The smallest absolute Gasteiger partial charge is 0.305 e. The Morgan fingerprint density at radius 3 is 2.94 bits per heavy atom. The number of nitrogens with zero attached hydrogens (tertiary/aromatic N) is 1. The van der Waals surface area contributed by atoms with E-state index in [4.69, 9.17) is 9.84 Å². The Morgan fingerprint density at radius 2 is 2.25 bits per heavy atom. The number of hydrogen-bond donors (Lipinski definition) is 1. The Kier molecular flexibility index (Phi) is 2.81. The minimum atomic E-state index is -0.787. The second-order valence-corrected chi connectivity index (χ2v) is 3.55. The van der Waals surface area contributed by atoms with Crippen molar-refractivity contribution in [1.29, 1.82) is 0 Å². The summed E-state index contributed by atoms with van der Waals surface area (Å²) in [5.41, 5.74) is 1.00. The molecule has 1 aromatic carbocycles. The minimum absolute atomic E-state index is 0.126. The summed E-state index contributed by atoms with van der Waals surface area (Å²) >= 11 is 0. The molecule has 0 aliphatic carbocycles. The van der Waals surface area contributed by atoms with Crippen molar-refractivity contribution >= 4 is 16.9 Å². The Bertz CT molecular complexity index is 516. The summed E-state index contributed by atoms with van der Waals surface area (Å²) in [6, 6.07) is 7.69. The number of hydrogen-bond acceptors (Lipinski definition) is 2. The molecule has 0 fully saturated rings. The van der Waals surface area contributed by atoms with E-state index in [2.05, 4.69) is 0 Å². The van der Waals surface area contributed by atoms with Gasteiger partial charge >= 0.3 is 5.97 Å². The van der Waals surface area contributed by atoms with E-state index in [1.807, 2.05) is 35.0 Å². The van der Waals surface area contributed by atoms with Crippen LogP contribution in [-0.2, 0) is 11.3 Å². The molecule has 1 aromatic heterocycles. The number of carboxylic acid groups (broad SMARTS) is 1. The van der Waals surface area contributed by atoms with E-state index < -0.39 is 5.97 Å². The lowest BCUT2D eigenvalue weighted by Crippen LogP contribution is -2.03. The van der Waals surface area contributed by atoms with E-state index in [1.54, 1.807) is 7.11 Å². The van der Waals surface area contributed by atoms with Gasteiger partial charge in [-0.2, -0.15) is 0 Å². The minimum Gasteiger partial charge on any atom is -0.496 e. The SMILES string of the molecule is COc1cccc2c1ccn2CCC(=O)O. The number of aromatic nitrogens is 1. The van der Waals surface area contributed by atoms with Crippen LogP contribution in [0, 0.1) is 0 Å². The highest BCUT2D eigenvalue weighted by molar-refractivity contribution is 5.86. The van der Waals surface area contributed by atoms with E-state index in [0.717, 1.165) is 16.7 Å². The molecule has 0 bridgehead atoms. The zero-order chi connectivity index (χ0) is 11.5. The molecular weight excluding hydrogens is 206 g/mol. The third-order valence-corrected chi connectivity index (χ3v) is 2.56. The van der Waals surface area contributed by atoms with Crippen molar-refractivity contribution in [3.63, 3.8) is 0 Å². The zero-order valence-electron chi connectivity index (χ0n) is 9.01. The zero-order valence-corrected chi connectivity index (χ0v) is 9.01. The molecule has 2 aromatic rings. The molecule has 16 heavy (non-hydrogen) atoms. The summed E-state index contributed by atoms with van der Waals surface area (Å²) in [4.78, 5) is 10.5. The van der Waals surface area contributed by atoms with Crippen molar-refractivity contribution in [3.05, 3.63) is 30.5 Å². The molecule has 0 unspecified atom stereocenters. The summed E-state index contributed by atoms with van der Waals surface area (Å²) in [6.07, 6.45) is 2.01. The van der Waals surface area contributed by atoms with Gasteiger partial charge in [-0.3, -0.25) is 4.79 Å². The van der Waals surface area contributed by atoms with Gasteiger partial charge in [-0.05, 0) is 18.2 Å². The highest BCUT2D eigenvalue weighted by atomic mass is 16.5. The fourth-order valence-electron chi connectivity index (χ4n) is 1.78. The van der Waals surface area contributed by atoms with Gasteiger partial charge in [0, 0.05) is 18.1 Å². The van der Waals surface area contributed by atoms with Gasteiger partial charge in [0.2, 0.25) is 0 Å². The molecule has 0 aliphatic heterocycles. The number of rotatable bonds is 4. The van der Waals surface area contributed by atoms with Crippen LogP contribution in [0.25, 0.3) is 10.9 Å². The summed E-state index contributed by atoms with van der Waals surface area (Å²) in [7, 11) is 1.63. The average molecular weight is 219 g/mol. The van der Waals surface area contributed by atoms with Crippen LogP contribution in [0.2, 0.25) is 0 Å². The maximum Gasteiger partial charge on any atom is 0.305 e. The van der Waals surface area contributed by atoms with Crippen LogP contribution in [0.1, 0.15) is 6.42 Å². The number of ether oxygens (including phenoxy) is 1. The lowest BCUT2D eigenvalue weighted by molar-refractivity contribution is -0.137. The normalized spacial score (nSPS) is 10.6. The lowest BCUT2D eigenvalue weighted by Gasteiger charge is -2.05. The van der Waals surface area contributed by atoms with Gasteiger partial charge in [-0.1, -0.05) is 6.07 Å². The lowest BCUT2D eigenvalue weighted by atomic mass is 10.2. The first kappa shape index (κ1) is 10.5. The largest absolute Gasteiger partial charge is 0.496 e. The number of aryl methyl sites for hydroxylation is 1. The van der Waals surface area contributed by atoms with Crippen molar-refractivity contribution in [1.82, 2.24) is 4.57 Å². The number of benzene rings is 1. The first-order valence-corrected chi connectivity index (χ1v) is 5.06. The quantitative estimate of drug-likeness (QED) is 0.856. The van der Waals surface area contributed by atoms with Crippen LogP contribution in [0.5, 0.6) is 5.75 Å². The van der Waals surface area contributed by atoms with Crippen molar-refractivity contribution in [2.45, 2.75) is 13.0 Å². The number of aliphatic carboxylic acids is 1. The molecule has 4 nitrogen and oxygen atoms in total. The van der Waals surface area contributed by atoms with E-state index in [1.165, 1.54) is 0 Å². The molecule has 0 radical (unpaired) electrons. The number of carboxylic acids is 1. The molecule has 0 atom stereocenters. The third-order valence-electron chi connectivity index (χ3n) is 2.56. The average Bonchev–Trinajstić information content (AvgIpc) is 2.69. The van der Waals surface area contributed by atoms with Gasteiger partial charge in [0.05, 0.1) is 19.0 Å². The number of carbonyl (C=O) groups is 1. The molecule has 0 saturated heterocycles. The highest BCUT2D eigenvalue weighted by Gasteiger charge is 2.06.